The Kier molecular flexibility index (Phi) is 9.63. The van der Waals surface area contributed by atoms with Crippen molar-refractivity contribution in [3.05, 3.63) is 90.3 Å². The first kappa shape index (κ1) is 26.8. The predicted octanol–water partition coefficient (Wildman–Crippen LogP) is 5.29. The lowest BCUT2D eigenvalue weighted by atomic mass is 9.92. The molecule has 6 nitrogen and oxygen atoms in total. The topological polar surface area (TPSA) is 79.4 Å². The van der Waals surface area contributed by atoms with Gasteiger partial charge in [0.05, 0.1) is 5.75 Å². The summed E-state index contributed by atoms with van der Waals surface area (Å²) in [6.45, 7) is 1.83. The van der Waals surface area contributed by atoms with E-state index < -0.39 is 10.0 Å². The summed E-state index contributed by atoms with van der Waals surface area (Å²) in [7, 11) is -3.29. The molecule has 1 aromatic heterocycles. The third kappa shape index (κ3) is 8.37. The van der Waals surface area contributed by atoms with E-state index in [1.54, 1.807) is 28.9 Å². The van der Waals surface area contributed by atoms with Crippen LogP contribution in [0.2, 0.25) is 0 Å². The Bertz CT molecular complexity index is 1330. The van der Waals surface area contributed by atoms with Crippen LogP contribution >= 0.6 is 0 Å². The summed E-state index contributed by atoms with van der Waals surface area (Å²) in [5, 5.41) is 5.24. The van der Waals surface area contributed by atoms with Crippen LogP contribution in [0, 0.1) is 5.92 Å². The first-order valence-corrected chi connectivity index (χ1v) is 14.6. The van der Waals surface area contributed by atoms with Crippen LogP contribution in [0.4, 0.5) is 0 Å². The molecule has 1 aliphatic heterocycles. The summed E-state index contributed by atoms with van der Waals surface area (Å²) in [6, 6.07) is 18.0. The number of unbranched alkanes of at least 4 members (excludes halogenated alkanes) is 1. The van der Waals surface area contributed by atoms with Gasteiger partial charge in [0.1, 0.15) is 0 Å². The van der Waals surface area contributed by atoms with Crippen molar-refractivity contribution in [3.63, 3.8) is 0 Å². The number of hydrogen-bond acceptors (Lipinski definition) is 4. The second-order valence-electron chi connectivity index (χ2n) is 9.54. The quantitative estimate of drug-likeness (QED) is 0.277. The van der Waals surface area contributed by atoms with Crippen molar-refractivity contribution in [2.75, 3.05) is 25.4 Å². The average Bonchev–Trinajstić information content (AvgIpc) is 2.92. The normalized spacial score (nSPS) is 15.6. The Balaban J connectivity index is 1.12. The molecule has 1 saturated heterocycles. The van der Waals surface area contributed by atoms with E-state index in [4.69, 9.17) is 0 Å². The molecule has 4 rings (SSSR count). The van der Waals surface area contributed by atoms with Crippen LogP contribution in [-0.4, -0.2) is 49.0 Å². The lowest BCUT2D eigenvalue weighted by Crippen LogP contribution is -2.39. The molecule has 0 aliphatic carbocycles. The minimum absolute atomic E-state index is 0.0272. The van der Waals surface area contributed by atoms with Gasteiger partial charge in [-0.3, -0.25) is 9.78 Å². The van der Waals surface area contributed by atoms with Gasteiger partial charge in [-0.2, -0.15) is 0 Å². The first-order chi connectivity index (χ1) is 18.0. The van der Waals surface area contributed by atoms with Gasteiger partial charge in [-0.25, -0.2) is 12.7 Å². The number of carbonyl (C=O) groups is 1. The van der Waals surface area contributed by atoms with E-state index in [2.05, 4.69) is 34.6 Å². The summed E-state index contributed by atoms with van der Waals surface area (Å²) in [4.78, 5) is 16.0. The zero-order valence-corrected chi connectivity index (χ0v) is 21.9. The van der Waals surface area contributed by atoms with E-state index >= 15 is 0 Å². The molecule has 0 radical (unpaired) electrons. The molecule has 7 heteroatoms. The fraction of sp³-hybridized carbons (Fsp3) is 0.333. The molecule has 2 aromatic carbocycles. The molecule has 0 saturated carbocycles. The minimum atomic E-state index is -3.29. The third-order valence-electron chi connectivity index (χ3n) is 6.81. The number of amides is 1. The van der Waals surface area contributed by atoms with Gasteiger partial charge in [-0.05, 0) is 65.3 Å². The second kappa shape index (κ2) is 13.3. The fourth-order valence-electron chi connectivity index (χ4n) is 4.67. The molecule has 3 aromatic rings. The Morgan fingerprint density at radius 2 is 1.78 bits per heavy atom. The van der Waals surface area contributed by atoms with Crippen molar-refractivity contribution >= 4 is 38.9 Å². The van der Waals surface area contributed by atoms with Crippen LogP contribution in [-0.2, 0) is 14.8 Å². The number of sulfonamides is 1. The Morgan fingerprint density at radius 1 is 0.973 bits per heavy atom. The molecule has 1 amide bonds. The van der Waals surface area contributed by atoms with Gasteiger partial charge in [0.2, 0.25) is 15.9 Å². The molecule has 2 heterocycles. The zero-order chi connectivity index (χ0) is 25.9. The number of fused-ring (bicyclic) bond motifs is 1. The molecule has 1 N–H and O–H groups in total. The highest BCUT2D eigenvalue weighted by molar-refractivity contribution is 7.89. The lowest BCUT2D eigenvalue weighted by Gasteiger charge is -2.31. The van der Waals surface area contributed by atoms with Gasteiger partial charge in [-0.1, -0.05) is 67.5 Å². The number of piperidine rings is 1. The monoisotopic (exact) mass is 517 g/mol. The Morgan fingerprint density at radius 3 is 2.57 bits per heavy atom. The summed E-state index contributed by atoms with van der Waals surface area (Å²) < 4.78 is 27.3. The number of nitrogens with zero attached hydrogens (tertiary/aromatic N) is 2. The number of nitrogens with one attached hydrogen (secondary N) is 1. The number of aromatic nitrogens is 1. The van der Waals surface area contributed by atoms with Gasteiger partial charge in [0.25, 0.3) is 0 Å². The van der Waals surface area contributed by atoms with E-state index in [1.807, 2.05) is 36.4 Å². The van der Waals surface area contributed by atoms with Crippen molar-refractivity contribution in [1.29, 1.82) is 0 Å². The molecular formula is C30H35N3O3S. The SMILES string of the molecule is O=C(C=Cc1cccnc1)NCCCCC1CCN(S(=O)(=O)CC=Cc2ccc3ccccc3c2)CC1. The zero-order valence-electron chi connectivity index (χ0n) is 21.1. The number of rotatable bonds is 11. The smallest absolute Gasteiger partial charge is 0.243 e. The lowest BCUT2D eigenvalue weighted by molar-refractivity contribution is -0.116. The van der Waals surface area contributed by atoms with E-state index in [-0.39, 0.29) is 11.7 Å². The Hall–Kier alpha value is -3.29. The van der Waals surface area contributed by atoms with E-state index in [9.17, 15) is 13.2 Å². The predicted molar refractivity (Wildman–Crippen MR) is 151 cm³/mol. The van der Waals surface area contributed by atoms with Gasteiger partial charge < -0.3 is 5.32 Å². The van der Waals surface area contributed by atoms with Crippen molar-refractivity contribution < 1.29 is 13.2 Å². The minimum Gasteiger partial charge on any atom is -0.353 e. The van der Waals surface area contributed by atoms with Crippen molar-refractivity contribution in [1.82, 2.24) is 14.6 Å². The molecule has 194 valence electrons. The highest BCUT2D eigenvalue weighted by Gasteiger charge is 2.26. The van der Waals surface area contributed by atoms with Gasteiger partial charge in [0, 0.05) is 38.1 Å². The van der Waals surface area contributed by atoms with E-state index in [0.29, 0.717) is 25.6 Å². The van der Waals surface area contributed by atoms with E-state index in [0.717, 1.165) is 48.6 Å². The maximum absolute atomic E-state index is 12.8. The highest BCUT2D eigenvalue weighted by Crippen LogP contribution is 2.24. The van der Waals surface area contributed by atoms with Crippen LogP contribution in [0.5, 0.6) is 0 Å². The number of carbonyl (C=O) groups excluding carboxylic acids is 1. The number of pyridine rings is 1. The molecular weight excluding hydrogens is 482 g/mol. The molecule has 37 heavy (non-hydrogen) atoms. The van der Waals surface area contributed by atoms with Crippen LogP contribution in [0.25, 0.3) is 22.9 Å². The summed E-state index contributed by atoms with van der Waals surface area (Å²) in [5.41, 5.74) is 1.90. The van der Waals surface area contributed by atoms with E-state index in [1.165, 1.54) is 11.5 Å². The maximum atomic E-state index is 12.8. The Labute approximate surface area is 220 Å². The molecule has 0 unspecified atom stereocenters. The van der Waals surface area contributed by atoms with Gasteiger partial charge >= 0.3 is 0 Å². The molecule has 1 fully saturated rings. The van der Waals surface area contributed by atoms with Crippen molar-refractivity contribution in [2.45, 2.75) is 32.1 Å². The summed E-state index contributed by atoms with van der Waals surface area (Å²) in [6.07, 6.45) is 15.2. The van der Waals surface area contributed by atoms with Crippen molar-refractivity contribution in [2.24, 2.45) is 5.92 Å². The summed E-state index contributed by atoms with van der Waals surface area (Å²) in [5.74, 6) is 0.470. The van der Waals surface area contributed by atoms with Gasteiger partial charge in [0.15, 0.2) is 0 Å². The van der Waals surface area contributed by atoms with Crippen LogP contribution < -0.4 is 5.32 Å². The highest BCUT2D eigenvalue weighted by atomic mass is 32.2. The first-order valence-electron chi connectivity index (χ1n) is 13.0. The average molecular weight is 518 g/mol. The van der Waals surface area contributed by atoms with Crippen LogP contribution in [0.3, 0.4) is 0 Å². The number of benzene rings is 2. The molecule has 0 spiro atoms. The van der Waals surface area contributed by atoms with Gasteiger partial charge in [-0.15, -0.1) is 0 Å². The van der Waals surface area contributed by atoms with Crippen molar-refractivity contribution in [3.8, 4) is 0 Å². The largest absolute Gasteiger partial charge is 0.353 e. The molecule has 1 aliphatic rings. The molecule has 0 atom stereocenters. The summed E-state index contributed by atoms with van der Waals surface area (Å²) >= 11 is 0. The fourth-order valence-corrected chi connectivity index (χ4v) is 5.99. The maximum Gasteiger partial charge on any atom is 0.243 e. The molecule has 0 bridgehead atoms. The standard InChI is InChI=1S/C30H35N3O3S/c34-30(15-13-27-8-5-18-31-24-27)32-19-4-3-7-25-16-20-33(21-17-25)37(35,36)22-6-9-26-12-14-28-10-1-2-11-29(28)23-26/h1-2,5-6,8-15,18,23-25H,3-4,7,16-17,19-22H2,(H,32,34). The van der Waals surface area contributed by atoms with Crippen LogP contribution in [0.1, 0.15) is 43.2 Å². The number of hydrogen-bond donors (Lipinski definition) is 1. The third-order valence-corrected chi connectivity index (χ3v) is 8.57. The second-order valence-corrected chi connectivity index (χ2v) is 11.5. The van der Waals surface area contributed by atoms with Crippen LogP contribution in [0.15, 0.2) is 79.1 Å².